The third-order valence-electron chi connectivity index (χ3n) is 1.92. The molecule has 70 valence electrons. The van der Waals surface area contributed by atoms with Gasteiger partial charge in [-0.1, -0.05) is 0 Å². The lowest BCUT2D eigenvalue weighted by Crippen LogP contribution is -2.40. The first-order valence-electron chi connectivity index (χ1n) is 4.05. The molecule has 1 saturated heterocycles. The highest BCUT2D eigenvalue weighted by atomic mass is 16.8. The molecule has 0 aliphatic carbocycles. The van der Waals surface area contributed by atoms with Crippen molar-refractivity contribution in [1.29, 1.82) is 0 Å². The highest BCUT2D eigenvalue weighted by molar-refractivity contribution is 4.86. The van der Waals surface area contributed by atoms with Crippen molar-refractivity contribution in [1.82, 2.24) is 9.78 Å². The normalized spacial score (nSPS) is 20.4. The van der Waals surface area contributed by atoms with Crippen LogP contribution in [-0.4, -0.2) is 23.0 Å². The van der Waals surface area contributed by atoms with E-state index in [4.69, 9.17) is 9.47 Å². The van der Waals surface area contributed by atoms with Gasteiger partial charge in [0.25, 0.3) is 11.5 Å². The van der Waals surface area contributed by atoms with Gasteiger partial charge >= 0.3 is 0 Å². The maximum Gasteiger partial charge on any atom is 0.271 e. The van der Waals surface area contributed by atoms with Crippen LogP contribution in [0.3, 0.4) is 0 Å². The summed E-state index contributed by atoms with van der Waals surface area (Å²) < 4.78 is 11.8. The lowest BCUT2D eigenvalue weighted by atomic mass is 10.5. The van der Waals surface area contributed by atoms with E-state index < -0.39 is 5.91 Å². The molecule has 1 aromatic heterocycles. The summed E-state index contributed by atoms with van der Waals surface area (Å²) in [5.74, 6) is -1.03. The fourth-order valence-electron chi connectivity index (χ4n) is 1.29. The van der Waals surface area contributed by atoms with Crippen LogP contribution in [0.5, 0.6) is 0 Å². The molecule has 1 aliphatic rings. The van der Waals surface area contributed by atoms with E-state index >= 15 is 0 Å². The molecule has 13 heavy (non-hydrogen) atoms. The van der Waals surface area contributed by atoms with Gasteiger partial charge in [0.2, 0.25) is 0 Å². The minimum atomic E-state index is -1.03. The predicted octanol–water partition coefficient (Wildman–Crippen LogP) is -0.0797. The SMILES string of the molecule is CC1(n2ncccc2=O)OCCO1. The van der Waals surface area contributed by atoms with Gasteiger partial charge in [0, 0.05) is 19.2 Å². The Bertz CT molecular complexity index is 354. The molecule has 0 unspecified atom stereocenters. The van der Waals surface area contributed by atoms with Crippen LogP contribution < -0.4 is 5.56 Å². The minimum absolute atomic E-state index is 0.230. The van der Waals surface area contributed by atoms with Gasteiger partial charge in [-0.2, -0.15) is 9.78 Å². The standard InChI is InChI=1S/C8H10N2O3/c1-8(12-5-6-13-8)10-7(11)3-2-4-9-10/h2-4H,5-6H2,1H3. The largest absolute Gasteiger partial charge is 0.329 e. The van der Waals surface area contributed by atoms with Gasteiger partial charge < -0.3 is 9.47 Å². The summed E-state index contributed by atoms with van der Waals surface area (Å²) >= 11 is 0. The van der Waals surface area contributed by atoms with Gasteiger partial charge in [-0.15, -0.1) is 0 Å². The average molecular weight is 182 g/mol. The first-order chi connectivity index (χ1) is 6.22. The number of rotatable bonds is 1. The monoisotopic (exact) mass is 182 g/mol. The summed E-state index contributed by atoms with van der Waals surface area (Å²) in [7, 11) is 0. The fourth-order valence-corrected chi connectivity index (χ4v) is 1.29. The van der Waals surface area contributed by atoms with Crippen LogP contribution in [0.1, 0.15) is 6.92 Å². The van der Waals surface area contributed by atoms with E-state index in [1.54, 1.807) is 13.0 Å². The smallest absolute Gasteiger partial charge is 0.271 e. The lowest BCUT2D eigenvalue weighted by Gasteiger charge is -2.22. The summed E-state index contributed by atoms with van der Waals surface area (Å²) in [6, 6.07) is 3.00. The van der Waals surface area contributed by atoms with Gasteiger partial charge in [0.15, 0.2) is 0 Å². The summed E-state index contributed by atoms with van der Waals surface area (Å²) in [4.78, 5) is 11.4. The predicted molar refractivity (Wildman–Crippen MR) is 44.0 cm³/mol. The molecule has 0 bridgehead atoms. The molecule has 2 rings (SSSR count). The Balaban J connectivity index is 2.45. The molecule has 5 heteroatoms. The van der Waals surface area contributed by atoms with Crippen LogP contribution in [0.25, 0.3) is 0 Å². The van der Waals surface area contributed by atoms with Crippen molar-refractivity contribution >= 4 is 0 Å². The number of hydrogen-bond acceptors (Lipinski definition) is 4. The Labute approximate surface area is 74.9 Å². The third kappa shape index (κ3) is 1.36. The van der Waals surface area contributed by atoms with Gasteiger partial charge in [-0.25, -0.2) is 0 Å². The summed E-state index contributed by atoms with van der Waals surface area (Å²) in [5, 5.41) is 3.89. The van der Waals surface area contributed by atoms with Crippen molar-refractivity contribution in [2.45, 2.75) is 12.8 Å². The molecule has 0 amide bonds. The highest BCUT2D eigenvalue weighted by Gasteiger charge is 2.34. The van der Waals surface area contributed by atoms with Gasteiger partial charge in [0.1, 0.15) is 0 Å². The zero-order valence-corrected chi connectivity index (χ0v) is 7.27. The lowest BCUT2D eigenvalue weighted by molar-refractivity contribution is -0.218. The van der Waals surface area contributed by atoms with E-state index in [0.29, 0.717) is 13.2 Å². The van der Waals surface area contributed by atoms with Crippen molar-refractivity contribution in [3.8, 4) is 0 Å². The van der Waals surface area contributed by atoms with Crippen molar-refractivity contribution in [2.24, 2.45) is 0 Å². The number of aromatic nitrogens is 2. The van der Waals surface area contributed by atoms with Gasteiger partial charge in [-0.3, -0.25) is 4.79 Å². The Morgan fingerprint density at radius 1 is 1.54 bits per heavy atom. The number of nitrogens with zero attached hydrogens (tertiary/aromatic N) is 2. The summed E-state index contributed by atoms with van der Waals surface area (Å²) in [6.45, 7) is 2.65. The third-order valence-corrected chi connectivity index (χ3v) is 1.92. The molecule has 0 saturated carbocycles. The quantitative estimate of drug-likeness (QED) is 0.609. The second-order valence-corrected chi connectivity index (χ2v) is 2.87. The Hall–Kier alpha value is -1.20. The highest BCUT2D eigenvalue weighted by Crippen LogP contribution is 2.21. The van der Waals surface area contributed by atoms with Crippen molar-refractivity contribution in [2.75, 3.05) is 13.2 Å². The van der Waals surface area contributed by atoms with Crippen LogP contribution in [-0.2, 0) is 15.4 Å². The molecule has 0 radical (unpaired) electrons. The average Bonchev–Trinajstić information content (AvgIpc) is 2.54. The first kappa shape index (κ1) is 8.40. The molecule has 2 heterocycles. The van der Waals surface area contributed by atoms with Crippen LogP contribution >= 0.6 is 0 Å². The number of hydrogen-bond donors (Lipinski definition) is 0. The maximum atomic E-state index is 11.4. The second kappa shape index (κ2) is 2.93. The molecule has 1 fully saturated rings. The Morgan fingerprint density at radius 3 is 2.85 bits per heavy atom. The van der Waals surface area contributed by atoms with Crippen LogP contribution in [0.15, 0.2) is 23.1 Å². The van der Waals surface area contributed by atoms with E-state index in [-0.39, 0.29) is 5.56 Å². The Kier molecular flexibility index (Phi) is 1.90. The number of ether oxygens (including phenoxy) is 2. The van der Waals surface area contributed by atoms with Crippen molar-refractivity contribution in [3.05, 3.63) is 28.7 Å². The Morgan fingerprint density at radius 2 is 2.23 bits per heavy atom. The molecule has 0 aromatic carbocycles. The van der Waals surface area contributed by atoms with Crippen LogP contribution in [0.2, 0.25) is 0 Å². The molecule has 1 aliphatic heterocycles. The van der Waals surface area contributed by atoms with Gasteiger partial charge in [-0.05, 0) is 6.07 Å². The zero-order chi connectivity index (χ0) is 9.31. The molecule has 0 atom stereocenters. The molecular formula is C8H10N2O3. The molecule has 0 spiro atoms. The minimum Gasteiger partial charge on any atom is -0.329 e. The van der Waals surface area contributed by atoms with E-state index in [9.17, 15) is 4.79 Å². The summed E-state index contributed by atoms with van der Waals surface area (Å²) in [5.41, 5.74) is -0.230. The maximum absolute atomic E-state index is 11.4. The topological polar surface area (TPSA) is 53.4 Å². The molecule has 0 N–H and O–H groups in total. The van der Waals surface area contributed by atoms with Crippen molar-refractivity contribution in [3.63, 3.8) is 0 Å². The van der Waals surface area contributed by atoms with E-state index in [1.165, 1.54) is 16.9 Å². The zero-order valence-electron chi connectivity index (χ0n) is 7.27. The first-order valence-corrected chi connectivity index (χ1v) is 4.05. The molecular weight excluding hydrogens is 172 g/mol. The van der Waals surface area contributed by atoms with Crippen LogP contribution in [0, 0.1) is 0 Å². The van der Waals surface area contributed by atoms with E-state index in [0.717, 1.165) is 0 Å². The fraction of sp³-hybridized carbons (Fsp3) is 0.500. The summed E-state index contributed by atoms with van der Waals surface area (Å²) in [6.07, 6.45) is 1.53. The van der Waals surface area contributed by atoms with Crippen molar-refractivity contribution < 1.29 is 9.47 Å². The van der Waals surface area contributed by atoms with Gasteiger partial charge in [0.05, 0.1) is 13.2 Å². The van der Waals surface area contributed by atoms with E-state index in [1.807, 2.05) is 0 Å². The van der Waals surface area contributed by atoms with E-state index in [2.05, 4.69) is 5.10 Å². The molecule has 5 nitrogen and oxygen atoms in total. The molecule has 1 aromatic rings. The van der Waals surface area contributed by atoms with Crippen LogP contribution in [0.4, 0.5) is 0 Å². The second-order valence-electron chi connectivity index (χ2n) is 2.87.